The van der Waals surface area contributed by atoms with Gasteiger partial charge in [-0.15, -0.1) is 10.2 Å². The molecule has 1 saturated carbocycles. The Morgan fingerprint density at radius 3 is 2.50 bits per heavy atom. The molecule has 8 nitrogen and oxygen atoms in total. The average molecular weight is 504 g/mol. The Morgan fingerprint density at radius 1 is 1.12 bits per heavy atom. The minimum atomic E-state index is -0.00521. The van der Waals surface area contributed by atoms with Gasteiger partial charge in [0.05, 0.1) is 5.75 Å². The highest BCUT2D eigenvalue weighted by Crippen LogP contribution is 2.29. The predicted molar refractivity (Wildman–Crippen MR) is 136 cm³/mol. The van der Waals surface area contributed by atoms with Crippen molar-refractivity contribution in [2.75, 3.05) is 43.4 Å². The lowest BCUT2D eigenvalue weighted by Gasteiger charge is -2.34. The van der Waals surface area contributed by atoms with E-state index in [-0.39, 0.29) is 18.4 Å². The topological polar surface area (TPSA) is 87.7 Å². The molecular weight excluding hydrogens is 470 g/mol. The van der Waals surface area contributed by atoms with Crippen molar-refractivity contribution in [2.45, 2.75) is 55.8 Å². The number of amides is 2. The molecule has 10 heteroatoms. The fourth-order valence-electron chi connectivity index (χ4n) is 4.19. The molecule has 184 valence electrons. The van der Waals surface area contributed by atoms with E-state index >= 15 is 0 Å². The van der Waals surface area contributed by atoms with Crippen LogP contribution in [0.2, 0.25) is 0 Å². The molecular formula is C24H33N5O3S2. The van der Waals surface area contributed by atoms with E-state index in [1.165, 1.54) is 41.5 Å². The lowest BCUT2D eigenvalue weighted by atomic mass is 10.0. The summed E-state index contributed by atoms with van der Waals surface area (Å²) in [6.07, 6.45) is 4.59. The number of anilines is 1. The van der Waals surface area contributed by atoms with Crippen LogP contribution in [0.1, 0.15) is 51.0 Å². The molecule has 1 N–H and O–H groups in total. The molecule has 0 radical (unpaired) electrons. The number of ether oxygens (including phenoxy) is 1. The molecule has 0 bridgehead atoms. The number of hydrogen-bond acceptors (Lipinski definition) is 8. The van der Waals surface area contributed by atoms with Gasteiger partial charge in [-0.1, -0.05) is 61.9 Å². The van der Waals surface area contributed by atoms with Crippen molar-refractivity contribution >= 4 is 40.0 Å². The monoisotopic (exact) mass is 503 g/mol. The maximum Gasteiger partial charge on any atom is 0.260 e. The quantitative estimate of drug-likeness (QED) is 0.524. The Morgan fingerprint density at radius 2 is 1.82 bits per heavy atom. The summed E-state index contributed by atoms with van der Waals surface area (Å²) in [6, 6.07) is 8.27. The Labute approximate surface area is 209 Å². The van der Waals surface area contributed by atoms with E-state index in [4.69, 9.17) is 4.74 Å². The van der Waals surface area contributed by atoms with Crippen molar-refractivity contribution in [3.8, 4) is 5.75 Å². The van der Waals surface area contributed by atoms with E-state index < -0.39 is 0 Å². The molecule has 1 aliphatic heterocycles. The first-order valence-corrected chi connectivity index (χ1v) is 13.8. The number of hydrogen-bond donors (Lipinski definition) is 1. The second-order valence-electron chi connectivity index (χ2n) is 9.07. The van der Waals surface area contributed by atoms with Gasteiger partial charge in [0.2, 0.25) is 11.0 Å². The summed E-state index contributed by atoms with van der Waals surface area (Å²) in [5.41, 5.74) is 1.25. The minimum Gasteiger partial charge on any atom is -0.484 e. The van der Waals surface area contributed by atoms with E-state index in [9.17, 15) is 9.59 Å². The molecule has 2 aromatic rings. The van der Waals surface area contributed by atoms with Crippen LogP contribution in [0.4, 0.5) is 5.13 Å². The summed E-state index contributed by atoms with van der Waals surface area (Å²) in [7, 11) is 0. The zero-order chi connectivity index (χ0) is 23.9. The van der Waals surface area contributed by atoms with Crippen LogP contribution >= 0.6 is 23.1 Å². The number of carbonyl (C=O) groups excluding carboxylic acids is 2. The number of benzene rings is 1. The molecule has 2 aliphatic rings. The smallest absolute Gasteiger partial charge is 0.260 e. The van der Waals surface area contributed by atoms with Gasteiger partial charge in [0.15, 0.2) is 10.9 Å². The number of nitrogens with one attached hydrogen (secondary N) is 1. The SMILES string of the molecule is CC(C)c1ccc(OCC(=O)N2CCN(c3nnc(SCC(=O)NC4CCCC4)s3)CC2)cc1. The number of piperazine rings is 1. The highest BCUT2D eigenvalue weighted by molar-refractivity contribution is 8.01. The zero-order valence-electron chi connectivity index (χ0n) is 19.9. The lowest BCUT2D eigenvalue weighted by molar-refractivity contribution is -0.133. The molecule has 4 rings (SSSR count). The average Bonchev–Trinajstić information content (AvgIpc) is 3.54. The molecule has 2 heterocycles. The van der Waals surface area contributed by atoms with E-state index in [0.717, 1.165) is 22.3 Å². The lowest BCUT2D eigenvalue weighted by Crippen LogP contribution is -2.50. The summed E-state index contributed by atoms with van der Waals surface area (Å²) >= 11 is 2.94. The van der Waals surface area contributed by atoms with E-state index in [1.54, 1.807) is 0 Å². The predicted octanol–water partition coefficient (Wildman–Crippen LogP) is 3.54. The Hall–Kier alpha value is -2.33. The van der Waals surface area contributed by atoms with Crippen LogP contribution in [-0.2, 0) is 9.59 Å². The minimum absolute atomic E-state index is 0.00521. The van der Waals surface area contributed by atoms with Gasteiger partial charge in [0, 0.05) is 32.2 Å². The standard InChI is InChI=1S/C24H33N5O3S2/c1-17(2)18-7-9-20(10-8-18)32-15-22(31)28-11-13-29(14-12-28)23-26-27-24(34-23)33-16-21(30)25-19-5-3-4-6-19/h7-10,17,19H,3-6,11-16H2,1-2H3,(H,25,30). The van der Waals surface area contributed by atoms with Gasteiger partial charge >= 0.3 is 0 Å². The largest absolute Gasteiger partial charge is 0.484 e. The van der Waals surface area contributed by atoms with E-state index in [1.807, 2.05) is 29.2 Å². The molecule has 1 aliphatic carbocycles. The van der Waals surface area contributed by atoms with Gasteiger partial charge in [-0.3, -0.25) is 9.59 Å². The number of carbonyl (C=O) groups is 2. The van der Waals surface area contributed by atoms with Gasteiger partial charge in [-0.25, -0.2) is 0 Å². The van der Waals surface area contributed by atoms with Crippen LogP contribution in [0.25, 0.3) is 0 Å². The summed E-state index contributed by atoms with van der Waals surface area (Å²) in [6.45, 7) is 7.00. The maximum absolute atomic E-state index is 12.6. The summed E-state index contributed by atoms with van der Waals surface area (Å²) in [4.78, 5) is 28.7. The van der Waals surface area contributed by atoms with Crippen molar-refractivity contribution in [2.24, 2.45) is 0 Å². The summed E-state index contributed by atoms with van der Waals surface area (Å²) in [5.74, 6) is 1.62. The molecule has 2 fully saturated rings. The fourth-order valence-corrected chi connectivity index (χ4v) is 5.89. The van der Waals surface area contributed by atoms with Gasteiger partial charge in [-0.05, 0) is 36.5 Å². The Kier molecular flexibility index (Phi) is 8.66. The van der Waals surface area contributed by atoms with Crippen LogP contribution in [0, 0.1) is 0 Å². The van der Waals surface area contributed by atoms with E-state index in [0.29, 0.717) is 49.6 Å². The maximum atomic E-state index is 12.6. The van der Waals surface area contributed by atoms with Crippen molar-refractivity contribution in [1.82, 2.24) is 20.4 Å². The van der Waals surface area contributed by atoms with Crippen LogP contribution in [0.15, 0.2) is 28.6 Å². The van der Waals surface area contributed by atoms with Crippen LogP contribution in [0.5, 0.6) is 5.75 Å². The van der Waals surface area contributed by atoms with Crippen molar-refractivity contribution in [3.63, 3.8) is 0 Å². The van der Waals surface area contributed by atoms with Gasteiger partial charge in [-0.2, -0.15) is 0 Å². The van der Waals surface area contributed by atoms with Crippen molar-refractivity contribution in [3.05, 3.63) is 29.8 Å². The van der Waals surface area contributed by atoms with Gasteiger partial charge < -0.3 is 19.9 Å². The Bertz CT molecular complexity index is 952. The first-order chi connectivity index (χ1) is 16.5. The molecule has 0 spiro atoms. The third-order valence-electron chi connectivity index (χ3n) is 6.25. The molecule has 2 amide bonds. The van der Waals surface area contributed by atoms with Crippen molar-refractivity contribution in [1.29, 1.82) is 0 Å². The highest BCUT2D eigenvalue weighted by Gasteiger charge is 2.24. The molecule has 1 aromatic heterocycles. The second-order valence-corrected chi connectivity index (χ2v) is 11.2. The van der Waals surface area contributed by atoms with Crippen LogP contribution < -0.4 is 15.0 Å². The summed E-state index contributed by atoms with van der Waals surface area (Å²) < 4.78 is 6.50. The molecule has 1 aromatic carbocycles. The number of nitrogens with zero attached hydrogens (tertiary/aromatic N) is 4. The molecule has 1 saturated heterocycles. The molecule has 34 heavy (non-hydrogen) atoms. The Balaban J connectivity index is 1.17. The van der Waals surface area contributed by atoms with Crippen LogP contribution in [-0.4, -0.2) is 71.5 Å². The van der Waals surface area contributed by atoms with Crippen LogP contribution in [0.3, 0.4) is 0 Å². The number of thioether (sulfide) groups is 1. The second kappa shape index (κ2) is 11.9. The van der Waals surface area contributed by atoms with E-state index in [2.05, 4.69) is 34.3 Å². The third-order valence-corrected chi connectivity index (χ3v) is 8.37. The molecule has 0 atom stereocenters. The number of aromatic nitrogens is 2. The zero-order valence-corrected chi connectivity index (χ0v) is 21.5. The summed E-state index contributed by atoms with van der Waals surface area (Å²) in [5, 5.41) is 12.5. The fraction of sp³-hybridized carbons (Fsp3) is 0.583. The van der Waals surface area contributed by atoms with Gasteiger partial charge in [0.25, 0.3) is 5.91 Å². The highest BCUT2D eigenvalue weighted by atomic mass is 32.2. The third kappa shape index (κ3) is 6.85. The number of rotatable bonds is 9. The van der Waals surface area contributed by atoms with Crippen molar-refractivity contribution < 1.29 is 14.3 Å². The normalized spacial score (nSPS) is 16.8. The van der Waals surface area contributed by atoms with Gasteiger partial charge in [0.1, 0.15) is 5.75 Å². The molecule has 0 unspecified atom stereocenters. The first-order valence-electron chi connectivity index (χ1n) is 12.0. The first kappa shape index (κ1) is 24.8.